The molecule has 0 aromatic heterocycles. The van der Waals surface area contributed by atoms with E-state index in [4.69, 9.17) is 4.74 Å². The van der Waals surface area contributed by atoms with Gasteiger partial charge in [0.2, 0.25) is 0 Å². The summed E-state index contributed by atoms with van der Waals surface area (Å²) >= 11 is 0. The Labute approximate surface area is 190 Å². The SMILES string of the molecule is CN(C)c1ccc(C(=O)N2CCCC(COc3ccccc3C(=O)N3CCCC3)C2)cc1. The van der Waals surface area contributed by atoms with E-state index in [2.05, 4.69) is 0 Å². The van der Waals surface area contributed by atoms with Gasteiger partial charge in [-0.3, -0.25) is 9.59 Å². The second-order valence-corrected chi connectivity index (χ2v) is 9.01. The Kier molecular flexibility index (Phi) is 6.98. The molecule has 170 valence electrons. The van der Waals surface area contributed by atoms with Crippen molar-refractivity contribution in [3.63, 3.8) is 0 Å². The minimum Gasteiger partial charge on any atom is -0.492 e. The van der Waals surface area contributed by atoms with E-state index in [1.165, 1.54) is 0 Å². The molecular weight excluding hydrogens is 402 g/mol. The minimum atomic E-state index is 0.0553. The summed E-state index contributed by atoms with van der Waals surface area (Å²) in [6.45, 7) is 3.60. The van der Waals surface area contributed by atoms with Crippen LogP contribution in [0.4, 0.5) is 5.69 Å². The van der Waals surface area contributed by atoms with Gasteiger partial charge in [0.25, 0.3) is 11.8 Å². The lowest BCUT2D eigenvalue weighted by molar-refractivity contribution is 0.0632. The Balaban J connectivity index is 1.37. The maximum atomic E-state index is 13.0. The highest BCUT2D eigenvalue weighted by Gasteiger charge is 2.26. The second kappa shape index (κ2) is 10.1. The largest absolute Gasteiger partial charge is 0.492 e. The molecule has 2 fully saturated rings. The van der Waals surface area contributed by atoms with Crippen LogP contribution in [0.25, 0.3) is 0 Å². The average molecular weight is 436 g/mol. The van der Waals surface area contributed by atoms with E-state index in [0.29, 0.717) is 24.5 Å². The number of amides is 2. The van der Waals surface area contributed by atoms with Crippen molar-refractivity contribution in [2.24, 2.45) is 5.92 Å². The minimum absolute atomic E-state index is 0.0553. The molecule has 2 aromatic carbocycles. The summed E-state index contributed by atoms with van der Waals surface area (Å²) in [6, 6.07) is 15.3. The van der Waals surface area contributed by atoms with Gasteiger partial charge >= 0.3 is 0 Å². The molecule has 2 aromatic rings. The topological polar surface area (TPSA) is 53.1 Å². The van der Waals surface area contributed by atoms with Crippen molar-refractivity contribution < 1.29 is 14.3 Å². The molecule has 2 amide bonds. The first-order chi connectivity index (χ1) is 15.5. The van der Waals surface area contributed by atoms with E-state index in [-0.39, 0.29) is 17.7 Å². The van der Waals surface area contributed by atoms with E-state index < -0.39 is 0 Å². The number of carbonyl (C=O) groups is 2. The number of anilines is 1. The lowest BCUT2D eigenvalue weighted by Crippen LogP contribution is -2.41. The van der Waals surface area contributed by atoms with Gasteiger partial charge in [-0.25, -0.2) is 0 Å². The molecule has 6 heteroatoms. The molecule has 2 aliphatic heterocycles. The fourth-order valence-corrected chi connectivity index (χ4v) is 4.54. The van der Waals surface area contributed by atoms with Gasteiger partial charge in [-0.1, -0.05) is 12.1 Å². The molecule has 2 aliphatic rings. The highest BCUT2D eigenvalue weighted by atomic mass is 16.5. The molecule has 2 saturated heterocycles. The van der Waals surface area contributed by atoms with Crippen molar-refractivity contribution in [2.75, 3.05) is 51.8 Å². The third kappa shape index (κ3) is 5.06. The van der Waals surface area contributed by atoms with Crippen LogP contribution in [-0.4, -0.2) is 68.5 Å². The monoisotopic (exact) mass is 435 g/mol. The lowest BCUT2D eigenvalue weighted by Gasteiger charge is -2.33. The summed E-state index contributed by atoms with van der Waals surface area (Å²) < 4.78 is 6.14. The standard InChI is InChI=1S/C26H33N3O3/c1-27(2)22-13-11-21(12-14-22)25(30)29-17-7-8-20(18-29)19-32-24-10-4-3-9-23(24)26(31)28-15-5-6-16-28/h3-4,9-14,20H,5-8,15-19H2,1-2H3. The molecule has 0 N–H and O–H groups in total. The lowest BCUT2D eigenvalue weighted by atomic mass is 9.98. The Morgan fingerprint density at radius 2 is 1.59 bits per heavy atom. The zero-order valence-electron chi connectivity index (χ0n) is 19.1. The van der Waals surface area contributed by atoms with Crippen molar-refractivity contribution in [1.29, 1.82) is 0 Å². The Morgan fingerprint density at radius 1 is 0.906 bits per heavy atom. The first kappa shape index (κ1) is 22.2. The summed E-state index contributed by atoms with van der Waals surface area (Å²) in [5.41, 5.74) is 2.44. The van der Waals surface area contributed by atoms with Gasteiger partial charge in [-0.15, -0.1) is 0 Å². The molecule has 1 atom stereocenters. The summed E-state index contributed by atoms with van der Waals surface area (Å²) in [4.78, 5) is 31.7. The predicted octanol–water partition coefficient (Wildman–Crippen LogP) is 3.92. The van der Waals surface area contributed by atoms with Crippen LogP contribution in [0.15, 0.2) is 48.5 Å². The predicted molar refractivity (Wildman–Crippen MR) is 126 cm³/mol. The van der Waals surface area contributed by atoms with Crippen LogP contribution in [0.1, 0.15) is 46.4 Å². The molecule has 4 rings (SSSR count). The van der Waals surface area contributed by atoms with Gasteiger partial charge in [0.05, 0.1) is 12.2 Å². The Hall–Kier alpha value is -3.02. The van der Waals surface area contributed by atoms with Crippen LogP contribution in [0.2, 0.25) is 0 Å². The highest BCUT2D eigenvalue weighted by molar-refractivity contribution is 5.97. The summed E-state index contributed by atoms with van der Waals surface area (Å²) in [7, 11) is 3.98. The van der Waals surface area contributed by atoms with Crippen LogP contribution >= 0.6 is 0 Å². The molecule has 0 radical (unpaired) electrons. The van der Waals surface area contributed by atoms with E-state index >= 15 is 0 Å². The van der Waals surface area contributed by atoms with Crippen molar-refractivity contribution in [3.05, 3.63) is 59.7 Å². The molecule has 2 heterocycles. The third-order valence-electron chi connectivity index (χ3n) is 6.42. The van der Waals surface area contributed by atoms with Crippen LogP contribution in [0.5, 0.6) is 5.75 Å². The number of rotatable bonds is 6. The first-order valence-corrected chi connectivity index (χ1v) is 11.6. The molecule has 32 heavy (non-hydrogen) atoms. The number of hydrogen-bond acceptors (Lipinski definition) is 4. The van der Waals surface area contributed by atoms with Gasteiger partial charge in [0.15, 0.2) is 0 Å². The number of ether oxygens (including phenoxy) is 1. The molecule has 0 spiro atoms. The number of benzene rings is 2. The number of hydrogen-bond donors (Lipinski definition) is 0. The van der Waals surface area contributed by atoms with E-state index in [9.17, 15) is 9.59 Å². The number of likely N-dealkylation sites (tertiary alicyclic amines) is 2. The fraction of sp³-hybridized carbons (Fsp3) is 0.462. The van der Waals surface area contributed by atoms with Gasteiger partial charge in [-0.05, 0) is 62.1 Å². The molecule has 0 bridgehead atoms. The zero-order chi connectivity index (χ0) is 22.5. The number of nitrogens with zero attached hydrogens (tertiary/aromatic N) is 3. The van der Waals surface area contributed by atoms with Gasteiger partial charge in [-0.2, -0.15) is 0 Å². The van der Waals surface area contributed by atoms with Crippen molar-refractivity contribution in [1.82, 2.24) is 9.80 Å². The highest BCUT2D eigenvalue weighted by Crippen LogP contribution is 2.25. The molecular formula is C26H33N3O3. The maximum Gasteiger partial charge on any atom is 0.257 e. The van der Waals surface area contributed by atoms with Gasteiger partial charge < -0.3 is 19.4 Å². The Bertz CT molecular complexity index is 936. The summed E-state index contributed by atoms with van der Waals surface area (Å²) in [6.07, 6.45) is 4.12. The number of piperidine rings is 1. The van der Waals surface area contributed by atoms with Gasteiger partial charge in [0.1, 0.15) is 5.75 Å². The normalized spacial score (nSPS) is 18.5. The fourth-order valence-electron chi connectivity index (χ4n) is 4.54. The summed E-state index contributed by atoms with van der Waals surface area (Å²) in [5, 5.41) is 0. The number of para-hydroxylation sites is 1. The summed E-state index contributed by atoms with van der Waals surface area (Å²) in [5.74, 6) is 1.03. The van der Waals surface area contributed by atoms with E-state index in [1.54, 1.807) is 0 Å². The van der Waals surface area contributed by atoms with Crippen LogP contribution in [0.3, 0.4) is 0 Å². The second-order valence-electron chi connectivity index (χ2n) is 9.01. The molecule has 0 aliphatic carbocycles. The molecule has 1 unspecified atom stereocenters. The van der Waals surface area contributed by atoms with Crippen molar-refractivity contribution in [2.45, 2.75) is 25.7 Å². The van der Waals surface area contributed by atoms with Crippen LogP contribution in [-0.2, 0) is 0 Å². The molecule has 6 nitrogen and oxygen atoms in total. The zero-order valence-corrected chi connectivity index (χ0v) is 19.1. The average Bonchev–Trinajstić information content (AvgIpc) is 3.37. The third-order valence-corrected chi connectivity index (χ3v) is 6.42. The van der Waals surface area contributed by atoms with E-state index in [1.807, 2.05) is 77.3 Å². The van der Waals surface area contributed by atoms with Crippen LogP contribution in [0, 0.1) is 5.92 Å². The quantitative estimate of drug-likeness (QED) is 0.690. The Morgan fingerprint density at radius 3 is 2.31 bits per heavy atom. The van der Waals surface area contributed by atoms with Crippen LogP contribution < -0.4 is 9.64 Å². The van der Waals surface area contributed by atoms with Gasteiger partial charge in [0, 0.05) is 57.4 Å². The van der Waals surface area contributed by atoms with Crippen molar-refractivity contribution in [3.8, 4) is 5.75 Å². The smallest absolute Gasteiger partial charge is 0.257 e. The maximum absolute atomic E-state index is 13.0. The van der Waals surface area contributed by atoms with Crippen molar-refractivity contribution >= 4 is 17.5 Å². The molecule has 0 saturated carbocycles. The van der Waals surface area contributed by atoms with E-state index in [0.717, 1.165) is 56.6 Å². The first-order valence-electron chi connectivity index (χ1n) is 11.6. The number of carbonyl (C=O) groups excluding carboxylic acids is 2.